The molecule has 4 rings (SSSR count). The van der Waals surface area contributed by atoms with E-state index in [1.807, 2.05) is 53.4 Å². The molecule has 1 aliphatic rings. The van der Waals surface area contributed by atoms with Gasteiger partial charge in [0.05, 0.1) is 7.11 Å². The van der Waals surface area contributed by atoms with Crippen molar-refractivity contribution >= 4 is 22.7 Å². The van der Waals surface area contributed by atoms with Crippen LogP contribution in [0.5, 0.6) is 5.75 Å². The molecule has 0 saturated carbocycles. The van der Waals surface area contributed by atoms with Gasteiger partial charge in [-0.25, -0.2) is 0 Å². The first-order valence-electron chi connectivity index (χ1n) is 10.1. The molecule has 1 aliphatic heterocycles. The summed E-state index contributed by atoms with van der Waals surface area (Å²) in [6, 6.07) is 14.9. The van der Waals surface area contributed by atoms with Gasteiger partial charge in [-0.2, -0.15) is 0 Å². The molecule has 0 spiro atoms. The predicted octanol–water partition coefficient (Wildman–Crippen LogP) is 2.49. The molecule has 30 heavy (non-hydrogen) atoms. The molecular weight excluding hydrogens is 380 g/mol. The Hall–Kier alpha value is -3.32. The third-order valence-electron chi connectivity index (χ3n) is 5.52. The number of fused-ring (bicyclic) bond motifs is 1. The van der Waals surface area contributed by atoms with Gasteiger partial charge in [-0.1, -0.05) is 12.1 Å². The Morgan fingerprint density at radius 3 is 2.47 bits per heavy atom. The summed E-state index contributed by atoms with van der Waals surface area (Å²) in [7, 11) is 3.68. The average Bonchev–Trinajstić information content (AvgIpc) is 3.21. The number of aromatic nitrogens is 1. The van der Waals surface area contributed by atoms with Crippen molar-refractivity contribution in [1.29, 1.82) is 0 Å². The van der Waals surface area contributed by atoms with Crippen LogP contribution in [-0.4, -0.2) is 66.9 Å². The van der Waals surface area contributed by atoms with E-state index < -0.39 is 0 Å². The summed E-state index contributed by atoms with van der Waals surface area (Å²) in [5.74, 6) is 0.623. The van der Waals surface area contributed by atoms with Crippen LogP contribution in [0.1, 0.15) is 26.4 Å². The number of ether oxygens (including phenoxy) is 1. The first kappa shape index (κ1) is 20.0. The molecule has 0 aliphatic carbocycles. The Labute approximate surface area is 175 Å². The van der Waals surface area contributed by atoms with E-state index in [1.165, 1.54) is 0 Å². The second kappa shape index (κ2) is 8.59. The van der Waals surface area contributed by atoms with Crippen LogP contribution in [0.2, 0.25) is 0 Å². The zero-order valence-corrected chi connectivity index (χ0v) is 17.3. The fraction of sp³-hybridized carbons (Fsp3) is 0.304. The molecular formula is C23H26N4O3. The summed E-state index contributed by atoms with van der Waals surface area (Å²) in [6.07, 6.45) is 0. The van der Waals surface area contributed by atoms with E-state index in [0.717, 1.165) is 48.4 Å². The molecule has 156 valence electrons. The molecule has 1 saturated heterocycles. The lowest BCUT2D eigenvalue weighted by atomic mass is 10.1. The number of rotatable bonds is 5. The maximum absolute atomic E-state index is 12.6. The number of hydrogen-bond acceptors (Lipinski definition) is 4. The predicted molar refractivity (Wildman–Crippen MR) is 116 cm³/mol. The van der Waals surface area contributed by atoms with Gasteiger partial charge >= 0.3 is 0 Å². The Kier molecular flexibility index (Phi) is 5.72. The monoisotopic (exact) mass is 406 g/mol. The van der Waals surface area contributed by atoms with Crippen LogP contribution in [0.15, 0.2) is 48.5 Å². The molecule has 1 fully saturated rings. The van der Waals surface area contributed by atoms with E-state index in [1.54, 1.807) is 7.11 Å². The number of hydrogen-bond donors (Lipinski definition) is 2. The fourth-order valence-corrected chi connectivity index (χ4v) is 3.59. The van der Waals surface area contributed by atoms with Gasteiger partial charge in [0, 0.05) is 55.3 Å². The molecule has 2 aromatic carbocycles. The summed E-state index contributed by atoms with van der Waals surface area (Å²) >= 11 is 0. The van der Waals surface area contributed by atoms with Crippen LogP contribution < -0.4 is 10.1 Å². The van der Waals surface area contributed by atoms with E-state index in [9.17, 15) is 9.59 Å². The molecule has 1 aromatic heterocycles. The van der Waals surface area contributed by atoms with Crippen molar-refractivity contribution < 1.29 is 14.3 Å². The van der Waals surface area contributed by atoms with Gasteiger partial charge in [-0.05, 0) is 42.9 Å². The molecule has 0 atom stereocenters. The van der Waals surface area contributed by atoms with Crippen LogP contribution in [0.4, 0.5) is 0 Å². The minimum atomic E-state index is -0.178. The number of methoxy groups -OCH3 is 1. The first-order valence-corrected chi connectivity index (χ1v) is 10.1. The Balaban J connectivity index is 1.35. The Bertz CT molecular complexity index is 1050. The maximum Gasteiger partial charge on any atom is 0.267 e. The number of carbonyl (C=O) groups is 2. The van der Waals surface area contributed by atoms with Gasteiger partial charge in [0.15, 0.2) is 0 Å². The highest BCUT2D eigenvalue weighted by Gasteiger charge is 2.20. The van der Waals surface area contributed by atoms with Gasteiger partial charge < -0.3 is 24.8 Å². The number of aromatic amines is 1. The summed E-state index contributed by atoms with van der Waals surface area (Å²) in [4.78, 5) is 32.4. The van der Waals surface area contributed by atoms with Crippen molar-refractivity contribution in [1.82, 2.24) is 20.1 Å². The first-order chi connectivity index (χ1) is 14.5. The van der Waals surface area contributed by atoms with Crippen LogP contribution in [0.3, 0.4) is 0 Å². The second-order valence-electron chi connectivity index (χ2n) is 7.61. The highest BCUT2D eigenvalue weighted by molar-refractivity contribution is 5.98. The van der Waals surface area contributed by atoms with Crippen molar-refractivity contribution in [2.75, 3.05) is 40.3 Å². The average molecular weight is 406 g/mol. The zero-order chi connectivity index (χ0) is 21.1. The number of H-pyrrole nitrogens is 1. The van der Waals surface area contributed by atoms with E-state index in [0.29, 0.717) is 17.8 Å². The van der Waals surface area contributed by atoms with Crippen LogP contribution >= 0.6 is 0 Å². The number of carbonyl (C=O) groups excluding carboxylic acids is 2. The van der Waals surface area contributed by atoms with Crippen molar-refractivity contribution in [2.24, 2.45) is 0 Å². The molecule has 2 heterocycles. The van der Waals surface area contributed by atoms with E-state index in [4.69, 9.17) is 4.74 Å². The molecule has 0 radical (unpaired) electrons. The number of likely N-dealkylation sites (N-methyl/N-ethyl adjacent to an activating group) is 1. The van der Waals surface area contributed by atoms with Crippen LogP contribution in [-0.2, 0) is 6.54 Å². The fourth-order valence-electron chi connectivity index (χ4n) is 3.59. The summed E-state index contributed by atoms with van der Waals surface area (Å²) in [5, 5.41) is 3.87. The number of benzene rings is 2. The van der Waals surface area contributed by atoms with E-state index in [2.05, 4.69) is 22.2 Å². The van der Waals surface area contributed by atoms with Gasteiger partial charge in [-0.15, -0.1) is 0 Å². The third-order valence-corrected chi connectivity index (χ3v) is 5.52. The standard InChI is InChI=1S/C23H26N4O3/c1-26-9-11-27(12-10-26)23(29)17-5-3-16(4-6-17)15-24-22(28)21-13-18-7-8-19(30-2)14-20(18)25-21/h3-8,13-14,25H,9-12,15H2,1-2H3,(H,24,28). The van der Waals surface area contributed by atoms with Gasteiger partial charge in [0.2, 0.25) is 0 Å². The normalized spacial score (nSPS) is 14.7. The third kappa shape index (κ3) is 4.31. The maximum atomic E-state index is 12.6. The summed E-state index contributed by atoms with van der Waals surface area (Å²) < 4.78 is 5.22. The lowest BCUT2D eigenvalue weighted by molar-refractivity contribution is 0.0664. The molecule has 0 bridgehead atoms. The van der Waals surface area contributed by atoms with Gasteiger partial charge in [0.1, 0.15) is 11.4 Å². The SMILES string of the molecule is COc1ccc2cc(C(=O)NCc3ccc(C(=O)N4CCN(C)CC4)cc3)[nH]c2c1. The molecule has 0 unspecified atom stereocenters. The number of piperazine rings is 1. The van der Waals surface area contributed by atoms with Gasteiger partial charge in [0.25, 0.3) is 11.8 Å². The largest absolute Gasteiger partial charge is 0.497 e. The minimum absolute atomic E-state index is 0.0622. The smallest absolute Gasteiger partial charge is 0.267 e. The molecule has 2 amide bonds. The minimum Gasteiger partial charge on any atom is -0.497 e. The highest BCUT2D eigenvalue weighted by Crippen LogP contribution is 2.21. The molecule has 3 aromatic rings. The lowest BCUT2D eigenvalue weighted by Gasteiger charge is -2.32. The molecule has 2 N–H and O–H groups in total. The van der Waals surface area contributed by atoms with Crippen molar-refractivity contribution in [3.8, 4) is 5.75 Å². The van der Waals surface area contributed by atoms with E-state index >= 15 is 0 Å². The zero-order valence-electron chi connectivity index (χ0n) is 17.3. The van der Waals surface area contributed by atoms with Crippen molar-refractivity contribution in [3.05, 3.63) is 65.4 Å². The lowest BCUT2D eigenvalue weighted by Crippen LogP contribution is -2.47. The quantitative estimate of drug-likeness (QED) is 0.683. The highest BCUT2D eigenvalue weighted by atomic mass is 16.5. The molecule has 7 nitrogen and oxygen atoms in total. The Morgan fingerprint density at radius 2 is 1.77 bits per heavy atom. The van der Waals surface area contributed by atoms with Gasteiger partial charge in [-0.3, -0.25) is 9.59 Å². The van der Waals surface area contributed by atoms with Crippen LogP contribution in [0.25, 0.3) is 10.9 Å². The number of amides is 2. The topological polar surface area (TPSA) is 77.7 Å². The van der Waals surface area contributed by atoms with Crippen LogP contribution in [0, 0.1) is 0 Å². The number of nitrogens with one attached hydrogen (secondary N) is 2. The van der Waals surface area contributed by atoms with E-state index in [-0.39, 0.29) is 11.8 Å². The van der Waals surface area contributed by atoms with Crippen molar-refractivity contribution in [3.63, 3.8) is 0 Å². The molecule has 7 heteroatoms. The summed E-state index contributed by atoms with van der Waals surface area (Å²) in [6.45, 7) is 3.69. The number of nitrogens with zero attached hydrogens (tertiary/aromatic N) is 2. The Morgan fingerprint density at radius 1 is 1.03 bits per heavy atom. The summed E-state index contributed by atoms with van der Waals surface area (Å²) in [5.41, 5.74) is 2.97. The van der Waals surface area contributed by atoms with Crippen molar-refractivity contribution in [2.45, 2.75) is 6.54 Å². The second-order valence-corrected chi connectivity index (χ2v) is 7.61.